The van der Waals surface area contributed by atoms with Gasteiger partial charge in [0.25, 0.3) is 5.91 Å². The quantitative estimate of drug-likeness (QED) is 0.156. The third kappa shape index (κ3) is 8.90. The summed E-state index contributed by atoms with van der Waals surface area (Å²) in [5.74, 6) is -1.83. The molecule has 0 spiro atoms. The largest absolute Gasteiger partial charge is 0.494 e. The second-order valence-corrected chi connectivity index (χ2v) is 17.8. The highest BCUT2D eigenvalue weighted by molar-refractivity contribution is 8.00. The van der Waals surface area contributed by atoms with Crippen LogP contribution >= 0.6 is 23.5 Å². The first-order chi connectivity index (χ1) is 25.9. The first kappa shape index (κ1) is 40.7. The summed E-state index contributed by atoms with van der Waals surface area (Å²) in [4.78, 5) is 61.7. The van der Waals surface area contributed by atoms with Crippen molar-refractivity contribution in [1.29, 1.82) is 0 Å². The van der Waals surface area contributed by atoms with Gasteiger partial charge in [0.1, 0.15) is 33.7 Å². The number of hydrogen-bond acceptors (Lipinski definition) is 9. The molecule has 3 N–H and O–H groups in total. The molecule has 2 aromatic rings. The second kappa shape index (κ2) is 15.5. The Labute approximate surface area is 327 Å². The van der Waals surface area contributed by atoms with E-state index in [9.17, 15) is 32.3 Å². The summed E-state index contributed by atoms with van der Waals surface area (Å²) in [6.07, 6.45) is 1.86. The number of alkyl carbamates (subject to hydrolysis) is 1. The van der Waals surface area contributed by atoms with E-state index in [1.807, 2.05) is 37.3 Å². The van der Waals surface area contributed by atoms with Gasteiger partial charge in [-0.25, -0.2) is 9.78 Å². The number of aromatic nitrogens is 1. The van der Waals surface area contributed by atoms with Crippen molar-refractivity contribution in [3.8, 4) is 11.6 Å². The van der Waals surface area contributed by atoms with E-state index in [0.29, 0.717) is 36.8 Å². The molecule has 6 rings (SSSR count). The Kier molecular flexibility index (Phi) is 11.5. The predicted molar refractivity (Wildman–Crippen MR) is 200 cm³/mol. The number of benzene rings is 1. The molecule has 0 bridgehead atoms. The number of halogens is 4. The summed E-state index contributed by atoms with van der Waals surface area (Å²) in [5.41, 5.74) is -4.14. The fraction of sp³-hybridized carbons (Fsp3) is 0.605. The maximum absolute atomic E-state index is 14.7. The minimum Gasteiger partial charge on any atom is -0.494 e. The Morgan fingerprint density at radius 2 is 1.82 bits per heavy atom. The first-order valence-electron chi connectivity index (χ1n) is 18.5. The number of allylic oxidation sites excluding steroid dienone is 1. The third-order valence-electron chi connectivity index (χ3n) is 10.9. The lowest BCUT2D eigenvalue weighted by atomic mass is 9.88. The fourth-order valence-corrected chi connectivity index (χ4v) is 8.22. The van der Waals surface area contributed by atoms with Gasteiger partial charge in [0.05, 0.1) is 19.9 Å². The molecule has 2 aliphatic carbocycles. The minimum absolute atomic E-state index is 0.0135. The number of nitrogens with one attached hydrogen (secondary N) is 3. The van der Waals surface area contributed by atoms with E-state index < -0.39 is 69.4 Å². The number of methoxy groups -OCH3 is 1. The minimum atomic E-state index is -4.88. The Morgan fingerprint density at radius 1 is 1.11 bits per heavy atom. The zero-order valence-corrected chi connectivity index (χ0v) is 32.9. The van der Waals surface area contributed by atoms with E-state index in [1.54, 1.807) is 13.0 Å². The van der Waals surface area contributed by atoms with Crippen LogP contribution in [0, 0.1) is 17.8 Å². The van der Waals surface area contributed by atoms with Crippen molar-refractivity contribution in [1.82, 2.24) is 25.2 Å². The van der Waals surface area contributed by atoms with Crippen molar-refractivity contribution < 1.29 is 46.6 Å². The molecule has 2 aliphatic heterocycles. The maximum Gasteiger partial charge on any atom is 0.427 e. The molecule has 1 aromatic carbocycles. The van der Waals surface area contributed by atoms with E-state index in [1.165, 1.54) is 18.2 Å². The van der Waals surface area contributed by atoms with Crippen LogP contribution in [0.4, 0.5) is 18.0 Å². The van der Waals surface area contributed by atoms with Gasteiger partial charge in [-0.1, -0.05) is 44.2 Å². The fourth-order valence-electron chi connectivity index (χ4n) is 7.25. The van der Waals surface area contributed by atoms with Gasteiger partial charge < -0.3 is 29.7 Å². The number of carbonyl (C=O) groups excluding carboxylic acids is 4. The molecule has 4 aliphatic rings. The molecule has 4 amide bonds. The van der Waals surface area contributed by atoms with Crippen LogP contribution in [-0.2, 0) is 19.1 Å². The van der Waals surface area contributed by atoms with Crippen LogP contribution in [0.15, 0.2) is 42.6 Å². The Morgan fingerprint density at radius 3 is 2.49 bits per heavy atom. The predicted octanol–water partition coefficient (Wildman–Crippen LogP) is 6.41. The molecule has 55 heavy (non-hydrogen) atoms. The van der Waals surface area contributed by atoms with E-state index >= 15 is 0 Å². The lowest BCUT2D eigenvalue weighted by Gasteiger charge is -2.34. The molecule has 7 atom stereocenters. The molecule has 1 aromatic heterocycles. The van der Waals surface area contributed by atoms with Gasteiger partial charge in [-0.15, -0.1) is 11.6 Å². The van der Waals surface area contributed by atoms with Crippen molar-refractivity contribution in [3.63, 3.8) is 0 Å². The third-order valence-corrected chi connectivity index (χ3v) is 12.6. The average Bonchev–Trinajstić information content (AvgIpc) is 3.99. The van der Waals surface area contributed by atoms with Crippen LogP contribution in [0.25, 0.3) is 10.8 Å². The van der Waals surface area contributed by atoms with Gasteiger partial charge in [0, 0.05) is 23.1 Å². The number of ether oxygens (including phenoxy) is 3. The molecule has 3 heterocycles. The summed E-state index contributed by atoms with van der Waals surface area (Å²) in [6.45, 7) is 5.02. The summed E-state index contributed by atoms with van der Waals surface area (Å²) in [6, 6.07) is 4.74. The molecular weight excluding hydrogens is 763 g/mol. The number of fused-ring (bicyclic) bond motifs is 3. The molecule has 3 fully saturated rings. The van der Waals surface area contributed by atoms with Gasteiger partial charge in [0.15, 0.2) is 0 Å². The zero-order valence-electron chi connectivity index (χ0n) is 31.3. The molecule has 0 unspecified atom stereocenters. The first-order valence-corrected chi connectivity index (χ1v) is 19.7. The monoisotopic (exact) mass is 809 g/mol. The van der Waals surface area contributed by atoms with E-state index in [4.69, 9.17) is 25.8 Å². The lowest BCUT2D eigenvalue weighted by molar-refractivity contribution is -0.244. The highest BCUT2D eigenvalue weighted by Crippen LogP contribution is 2.52. The van der Waals surface area contributed by atoms with Crippen LogP contribution < -0.4 is 24.8 Å². The Hall–Kier alpha value is -3.92. The SMILES string of the molecule is COc1cnc(O[C@@H]2C[C@H]3C(=O)N[C@]4(C(=O)NSC5(Cl)CC5)C[C@H]4/C=C\CC[C@@H](C)C[C@@H](C)[C@H](NC(=O)OC(C)(C)C(F)(F)F)C(=O)N3C2)c2ccccc12. The number of hydrogen-bond donors (Lipinski definition) is 3. The van der Waals surface area contributed by atoms with Gasteiger partial charge in [-0.3, -0.25) is 19.1 Å². The number of nitrogens with zero attached hydrogens (tertiary/aromatic N) is 2. The number of rotatable bonds is 8. The van der Waals surface area contributed by atoms with Crippen molar-refractivity contribution >= 4 is 58.1 Å². The average molecular weight is 810 g/mol. The van der Waals surface area contributed by atoms with Gasteiger partial charge >= 0.3 is 12.3 Å². The van der Waals surface area contributed by atoms with Gasteiger partial charge in [-0.05, 0) is 82.2 Å². The molecule has 2 saturated carbocycles. The summed E-state index contributed by atoms with van der Waals surface area (Å²) in [5, 5.41) is 6.75. The van der Waals surface area contributed by atoms with Crippen LogP contribution in [-0.4, -0.2) is 87.1 Å². The van der Waals surface area contributed by atoms with Crippen LogP contribution in [0.2, 0.25) is 0 Å². The number of amides is 4. The van der Waals surface area contributed by atoms with Crippen molar-refractivity contribution in [2.24, 2.45) is 17.8 Å². The molecular formula is C38H47ClF3N5O7S. The molecule has 0 radical (unpaired) electrons. The zero-order chi connectivity index (χ0) is 39.9. The van der Waals surface area contributed by atoms with Crippen LogP contribution in [0.1, 0.15) is 72.6 Å². The van der Waals surface area contributed by atoms with Crippen molar-refractivity contribution in [2.75, 3.05) is 13.7 Å². The van der Waals surface area contributed by atoms with Gasteiger partial charge in [-0.2, -0.15) is 13.2 Å². The summed E-state index contributed by atoms with van der Waals surface area (Å²) >= 11 is 7.56. The smallest absolute Gasteiger partial charge is 0.427 e. The van der Waals surface area contributed by atoms with E-state index in [-0.39, 0.29) is 30.7 Å². The molecule has 1 saturated heterocycles. The van der Waals surface area contributed by atoms with Crippen molar-refractivity contribution in [2.45, 2.75) is 112 Å². The second-order valence-electron chi connectivity index (χ2n) is 15.7. The highest BCUT2D eigenvalue weighted by atomic mass is 35.5. The van der Waals surface area contributed by atoms with E-state index in [2.05, 4.69) is 20.3 Å². The highest BCUT2D eigenvalue weighted by Gasteiger charge is 2.62. The van der Waals surface area contributed by atoms with Crippen molar-refractivity contribution in [3.05, 3.63) is 42.6 Å². The van der Waals surface area contributed by atoms with Gasteiger partial charge in [0.2, 0.25) is 23.3 Å². The Balaban J connectivity index is 1.33. The maximum atomic E-state index is 14.7. The van der Waals surface area contributed by atoms with E-state index in [0.717, 1.165) is 44.0 Å². The van der Waals surface area contributed by atoms with Crippen LogP contribution in [0.3, 0.4) is 0 Å². The standard InChI is InChI=1S/C38H47ClF3N5O7S/c1-21-10-6-7-11-23-18-37(23,33(50)46-55-36(39)14-15-36)45-30(48)27-17-24(53-31-26-13-9-8-12-25(26)28(52-5)19-43-31)20-47(27)32(49)29(22(2)16-21)44-34(51)54-35(3,4)38(40,41)42/h7-9,11-13,19,21-24,27,29H,6,10,14-18,20H2,1-5H3,(H,44,51)(H,45,48)(H,46,50)/b11-7-/t21-,22-,23-,24-,27+,29+,37-/m1/s1. The lowest BCUT2D eigenvalue weighted by Crippen LogP contribution is -2.59. The summed E-state index contributed by atoms with van der Waals surface area (Å²) < 4.78 is 60.1. The normalized spacial score (nSPS) is 30.1. The molecule has 12 nitrogen and oxygen atoms in total. The topological polar surface area (TPSA) is 148 Å². The number of pyridine rings is 1. The number of carbonyl (C=O) groups is 4. The number of alkyl halides is 4. The van der Waals surface area contributed by atoms with Crippen LogP contribution in [0.5, 0.6) is 11.6 Å². The molecule has 300 valence electrons. The molecule has 17 heteroatoms. The summed E-state index contributed by atoms with van der Waals surface area (Å²) in [7, 11) is 1.52. The Bertz CT molecular complexity index is 1840.